The summed E-state index contributed by atoms with van der Waals surface area (Å²) in [6.07, 6.45) is 2.58. The Morgan fingerprint density at radius 1 is 1.18 bits per heavy atom. The SMILES string of the molecule is CC(C)CCNC(=O)C(c1ccc(F)cc1)c1ccccn1. The summed E-state index contributed by atoms with van der Waals surface area (Å²) in [5, 5.41) is 2.95. The minimum atomic E-state index is -0.519. The minimum absolute atomic E-state index is 0.106. The predicted molar refractivity (Wildman–Crippen MR) is 84.9 cm³/mol. The molecule has 116 valence electrons. The van der Waals surface area contributed by atoms with Crippen LogP contribution in [0, 0.1) is 11.7 Å². The van der Waals surface area contributed by atoms with Crippen LogP contribution in [0.25, 0.3) is 0 Å². The number of hydrogen-bond acceptors (Lipinski definition) is 2. The molecule has 0 radical (unpaired) electrons. The van der Waals surface area contributed by atoms with Crippen LogP contribution < -0.4 is 5.32 Å². The number of aromatic nitrogens is 1. The summed E-state index contributed by atoms with van der Waals surface area (Å²) in [6, 6.07) is 11.5. The van der Waals surface area contributed by atoms with Gasteiger partial charge in [0.15, 0.2) is 0 Å². The van der Waals surface area contributed by atoms with E-state index >= 15 is 0 Å². The van der Waals surface area contributed by atoms with Crippen LogP contribution in [0.1, 0.15) is 37.4 Å². The number of nitrogens with one attached hydrogen (secondary N) is 1. The predicted octanol–water partition coefficient (Wildman–Crippen LogP) is 3.51. The van der Waals surface area contributed by atoms with E-state index in [1.165, 1.54) is 12.1 Å². The molecule has 0 bridgehead atoms. The maximum absolute atomic E-state index is 13.1. The lowest BCUT2D eigenvalue weighted by Crippen LogP contribution is -2.31. The molecule has 0 aliphatic rings. The van der Waals surface area contributed by atoms with E-state index in [0.717, 1.165) is 12.0 Å². The molecule has 1 N–H and O–H groups in total. The summed E-state index contributed by atoms with van der Waals surface area (Å²) in [4.78, 5) is 16.9. The zero-order chi connectivity index (χ0) is 15.9. The summed E-state index contributed by atoms with van der Waals surface area (Å²) in [5.74, 6) is -0.414. The number of rotatable bonds is 6. The molecule has 1 amide bonds. The molecule has 2 aromatic rings. The Balaban J connectivity index is 2.22. The van der Waals surface area contributed by atoms with E-state index in [1.54, 1.807) is 18.3 Å². The Morgan fingerprint density at radius 3 is 2.50 bits per heavy atom. The Morgan fingerprint density at radius 2 is 1.91 bits per heavy atom. The smallest absolute Gasteiger partial charge is 0.233 e. The molecule has 0 aliphatic carbocycles. The van der Waals surface area contributed by atoms with E-state index in [4.69, 9.17) is 0 Å². The van der Waals surface area contributed by atoms with Crippen LogP contribution in [0.15, 0.2) is 48.7 Å². The quantitative estimate of drug-likeness (QED) is 0.887. The summed E-state index contributed by atoms with van der Waals surface area (Å²) < 4.78 is 13.1. The topological polar surface area (TPSA) is 42.0 Å². The Bertz CT molecular complexity index is 596. The standard InChI is InChI=1S/C18H21FN2O/c1-13(2)10-12-21-18(22)17(16-5-3-4-11-20-16)14-6-8-15(19)9-7-14/h3-9,11,13,17H,10,12H2,1-2H3,(H,21,22). The van der Waals surface area contributed by atoms with Crippen molar-refractivity contribution in [3.63, 3.8) is 0 Å². The van der Waals surface area contributed by atoms with Gasteiger partial charge in [0.2, 0.25) is 5.91 Å². The third kappa shape index (κ3) is 4.38. The fourth-order valence-corrected chi connectivity index (χ4v) is 2.24. The zero-order valence-electron chi connectivity index (χ0n) is 12.9. The summed E-state index contributed by atoms with van der Waals surface area (Å²) in [6.45, 7) is 4.85. The van der Waals surface area contributed by atoms with Crippen molar-refractivity contribution < 1.29 is 9.18 Å². The molecule has 0 aliphatic heterocycles. The highest BCUT2D eigenvalue weighted by Gasteiger charge is 2.23. The van der Waals surface area contributed by atoms with Crippen molar-refractivity contribution in [1.82, 2.24) is 10.3 Å². The van der Waals surface area contributed by atoms with Crippen LogP contribution in [-0.2, 0) is 4.79 Å². The fraction of sp³-hybridized carbons (Fsp3) is 0.333. The van der Waals surface area contributed by atoms with Crippen molar-refractivity contribution in [2.45, 2.75) is 26.2 Å². The van der Waals surface area contributed by atoms with Crippen LogP contribution in [-0.4, -0.2) is 17.4 Å². The number of halogens is 1. The number of carbonyl (C=O) groups excluding carboxylic acids is 1. The van der Waals surface area contributed by atoms with Crippen LogP contribution in [0.3, 0.4) is 0 Å². The lowest BCUT2D eigenvalue weighted by molar-refractivity contribution is -0.121. The molecule has 3 nitrogen and oxygen atoms in total. The first-order valence-electron chi connectivity index (χ1n) is 7.52. The molecule has 0 spiro atoms. The first-order chi connectivity index (χ1) is 10.6. The molecule has 22 heavy (non-hydrogen) atoms. The lowest BCUT2D eigenvalue weighted by Gasteiger charge is -2.17. The van der Waals surface area contributed by atoms with E-state index in [1.807, 2.05) is 18.2 Å². The van der Waals surface area contributed by atoms with Gasteiger partial charge < -0.3 is 5.32 Å². The van der Waals surface area contributed by atoms with Crippen LogP contribution in [0.2, 0.25) is 0 Å². The van der Waals surface area contributed by atoms with Crippen LogP contribution >= 0.6 is 0 Å². The van der Waals surface area contributed by atoms with Gasteiger partial charge in [-0.05, 0) is 42.2 Å². The average Bonchev–Trinajstić information content (AvgIpc) is 2.50. The number of amides is 1. The van der Waals surface area contributed by atoms with Gasteiger partial charge in [0, 0.05) is 12.7 Å². The van der Waals surface area contributed by atoms with Gasteiger partial charge in [-0.2, -0.15) is 0 Å². The lowest BCUT2D eigenvalue weighted by atomic mass is 9.94. The number of nitrogens with zero attached hydrogens (tertiary/aromatic N) is 1. The van der Waals surface area contributed by atoms with Gasteiger partial charge in [0.25, 0.3) is 0 Å². The van der Waals surface area contributed by atoms with Gasteiger partial charge in [-0.25, -0.2) is 4.39 Å². The molecular weight excluding hydrogens is 279 g/mol. The minimum Gasteiger partial charge on any atom is -0.355 e. The number of hydrogen-bond donors (Lipinski definition) is 1. The number of carbonyl (C=O) groups is 1. The highest BCUT2D eigenvalue weighted by molar-refractivity contribution is 5.86. The van der Waals surface area contributed by atoms with Gasteiger partial charge in [-0.15, -0.1) is 0 Å². The first kappa shape index (κ1) is 16.1. The fourth-order valence-electron chi connectivity index (χ4n) is 2.24. The molecule has 1 aromatic carbocycles. The van der Waals surface area contributed by atoms with E-state index in [0.29, 0.717) is 18.2 Å². The zero-order valence-corrected chi connectivity index (χ0v) is 12.9. The molecule has 0 saturated heterocycles. The van der Waals surface area contributed by atoms with Crippen molar-refractivity contribution in [3.05, 3.63) is 65.7 Å². The molecular formula is C18H21FN2O. The van der Waals surface area contributed by atoms with E-state index in [2.05, 4.69) is 24.1 Å². The summed E-state index contributed by atoms with van der Waals surface area (Å²) in [7, 11) is 0. The number of benzene rings is 1. The maximum atomic E-state index is 13.1. The Kier molecular flexibility index (Phi) is 5.64. The molecule has 0 saturated carbocycles. The second-order valence-corrected chi connectivity index (χ2v) is 5.71. The van der Waals surface area contributed by atoms with E-state index < -0.39 is 5.92 Å². The number of pyridine rings is 1. The highest BCUT2D eigenvalue weighted by Crippen LogP contribution is 2.23. The molecule has 1 atom stereocenters. The highest BCUT2D eigenvalue weighted by atomic mass is 19.1. The molecule has 1 aromatic heterocycles. The molecule has 1 unspecified atom stereocenters. The van der Waals surface area contributed by atoms with Gasteiger partial charge in [-0.1, -0.05) is 32.0 Å². The molecule has 0 fully saturated rings. The normalized spacial score (nSPS) is 12.2. The molecule has 1 heterocycles. The maximum Gasteiger partial charge on any atom is 0.233 e. The van der Waals surface area contributed by atoms with Crippen molar-refractivity contribution in [2.75, 3.05) is 6.54 Å². The largest absolute Gasteiger partial charge is 0.355 e. The first-order valence-corrected chi connectivity index (χ1v) is 7.52. The van der Waals surface area contributed by atoms with Gasteiger partial charge in [0.1, 0.15) is 11.7 Å². The average molecular weight is 300 g/mol. The van der Waals surface area contributed by atoms with Gasteiger partial charge in [-0.3, -0.25) is 9.78 Å². The van der Waals surface area contributed by atoms with Crippen LogP contribution in [0.5, 0.6) is 0 Å². The summed E-state index contributed by atoms with van der Waals surface area (Å²) >= 11 is 0. The molecule has 2 rings (SSSR count). The molecule has 4 heteroatoms. The Labute approximate surface area is 130 Å². The van der Waals surface area contributed by atoms with E-state index in [9.17, 15) is 9.18 Å². The second kappa shape index (κ2) is 7.69. The monoisotopic (exact) mass is 300 g/mol. The van der Waals surface area contributed by atoms with Crippen molar-refractivity contribution in [1.29, 1.82) is 0 Å². The van der Waals surface area contributed by atoms with Crippen LogP contribution in [0.4, 0.5) is 4.39 Å². The summed E-state index contributed by atoms with van der Waals surface area (Å²) in [5.41, 5.74) is 1.40. The van der Waals surface area contributed by atoms with Gasteiger partial charge in [0.05, 0.1) is 5.69 Å². The third-order valence-corrected chi connectivity index (χ3v) is 3.47. The van der Waals surface area contributed by atoms with Crippen molar-refractivity contribution in [2.24, 2.45) is 5.92 Å². The third-order valence-electron chi connectivity index (χ3n) is 3.47. The van der Waals surface area contributed by atoms with E-state index in [-0.39, 0.29) is 11.7 Å². The second-order valence-electron chi connectivity index (χ2n) is 5.71. The van der Waals surface area contributed by atoms with Gasteiger partial charge >= 0.3 is 0 Å². The van der Waals surface area contributed by atoms with Crippen molar-refractivity contribution in [3.8, 4) is 0 Å². The van der Waals surface area contributed by atoms with Crippen molar-refractivity contribution >= 4 is 5.91 Å². The Hall–Kier alpha value is -2.23.